The molecule has 1 atom stereocenters. The van der Waals surface area contributed by atoms with E-state index in [4.69, 9.17) is 0 Å². The Morgan fingerprint density at radius 2 is 1.22 bits per heavy atom. The first-order valence-corrected chi connectivity index (χ1v) is 11.9. The summed E-state index contributed by atoms with van der Waals surface area (Å²) in [7, 11) is 0. The number of nitrogens with one attached hydrogen (secondary N) is 2. The molecule has 0 unspecified atom stereocenters. The van der Waals surface area contributed by atoms with Crippen molar-refractivity contribution < 1.29 is 14.4 Å². The Labute approximate surface area is 211 Å². The lowest BCUT2D eigenvalue weighted by Gasteiger charge is -2.23. The molecule has 5 nitrogen and oxygen atoms in total. The van der Waals surface area contributed by atoms with Gasteiger partial charge in [-0.05, 0) is 35.7 Å². The number of ketones is 1. The maximum Gasteiger partial charge on any atom is 0.247 e. The third kappa shape index (κ3) is 6.33. The second kappa shape index (κ2) is 11.8. The SMILES string of the molecule is CC(=O)c1cccc(NC(=O)[C@H](Cc2ccccc2)NC(=O)C(c2ccccc2)c2ccccc2)c1. The summed E-state index contributed by atoms with van der Waals surface area (Å²) in [5, 5.41) is 5.88. The van der Waals surface area contributed by atoms with Crippen LogP contribution in [-0.4, -0.2) is 23.6 Å². The van der Waals surface area contributed by atoms with Crippen LogP contribution in [-0.2, 0) is 16.0 Å². The number of rotatable bonds is 9. The Morgan fingerprint density at radius 3 is 1.78 bits per heavy atom. The maximum absolute atomic E-state index is 13.7. The summed E-state index contributed by atoms with van der Waals surface area (Å²) in [5.74, 6) is -1.28. The van der Waals surface area contributed by atoms with Crippen LogP contribution < -0.4 is 10.6 Å². The highest BCUT2D eigenvalue weighted by molar-refractivity contribution is 6.00. The van der Waals surface area contributed by atoms with Crippen LogP contribution >= 0.6 is 0 Å². The largest absolute Gasteiger partial charge is 0.343 e. The van der Waals surface area contributed by atoms with Crippen LogP contribution in [0.5, 0.6) is 0 Å². The topological polar surface area (TPSA) is 75.3 Å². The third-order valence-electron chi connectivity index (χ3n) is 5.98. The first-order chi connectivity index (χ1) is 17.5. The van der Waals surface area contributed by atoms with Gasteiger partial charge in [-0.25, -0.2) is 0 Å². The van der Waals surface area contributed by atoms with Crippen molar-refractivity contribution in [2.24, 2.45) is 0 Å². The number of hydrogen-bond donors (Lipinski definition) is 2. The van der Waals surface area contributed by atoms with Crippen molar-refractivity contribution in [2.75, 3.05) is 5.32 Å². The van der Waals surface area contributed by atoms with Gasteiger partial charge in [0.15, 0.2) is 5.78 Å². The number of amides is 2. The Kier molecular flexibility index (Phi) is 8.04. The van der Waals surface area contributed by atoms with Gasteiger partial charge in [0.05, 0.1) is 5.92 Å². The van der Waals surface area contributed by atoms with E-state index in [1.54, 1.807) is 24.3 Å². The molecule has 2 amide bonds. The smallest absolute Gasteiger partial charge is 0.247 e. The van der Waals surface area contributed by atoms with Crippen molar-refractivity contribution in [2.45, 2.75) is 25.3 Å². The van der Waals surface area contributed by atoms with Crippen molar-refractivity contribution >= 4 is 23.3 Å². The monoisotopic (exact) mass is 476 g/mol. The molecule has 5 heteroatoms. The summed E-state index contributed by atoms with van der Waals surface area (Å²) < 4.78 is 0. The molecule has 4 aromatic rings. The van der Waals surface area contributed by atoms with Gasteiger partial charge in [0.25, 0.3) is 0 Å². The number of carbonyl (C=O) groups is 3. The fourth-order valence-corrected chi connectivity index (χ4v) is 4.15. The normalized spacial score (nSPS) is 11.5. The fourth-order valence-electron chi connectivity index (χ4n) is 4.15. The lowest BCUT2D eigenvalue weighted by Crippen LogP contribution is -2.47. The summed E-state index contributed by atoms with van der Waals surface area (Å²) in [5.41, 5.74) is 3.61. The van der Waals surface area contributed by atoms with E-state index in [2.05, 4.69) is 10.6 Å². The van der Waals surface area contributed by atoms with Gasteiger partial charge in [-0.15, -0.1) is 0 Å². The lowest BCUT2D eigenvalue weighted by atomic mass is 9.90. The van der Waals surface area contributed by atoms with Crippen LogP contribution in [0, 0.1) is 0 Å². The summed E-state index contributed by atoms with van der Waals surface area (Å²) in [4.78, 5) is 38.9. The van der Waals surface area contributed by atoms with E-state index in [-0.39, 0.29) is 17.6 Å². The van der Waals surface area contributed by atoms with Gasteiger partial charge in [-0.2, -0.15) is 0 Å². The second-order valence-electron chi connectivity index (χ2n) is 8.63. The minimum Gasteiger partial charge on any atom is -0.343 e. The van der Waals surface area contributed by atoms with E-state index in [1.165, 1.54) is 6.92 Å². The maximum atomic E-state index is 13.7. The summed E-state index contributed by atoms with van der Waals surface area (Å²) >= 11 is 0. The quantitative estimate of drug-likeness (QED) is 0.318. The molecule has 0 aliphatic rings. The van der Waals surface area contributed by atoms with E-state index in [9.17, 15) is 14.4 Å². The third-order valence-corrected chi connectivity index (χ3v) is 5.98. The van der Waals surface area contributed by atoms with Crippen LogP contribution in [0.1, 0.15) is 39.9 Å². The van der Waals surface area contributed by atoms with Gasteiger partial charge in [-0.3, -0.25) is 14.4 Å². The fraction of sp³-hybridized carbons (Fsp3) is 0.129. The van der Waals surface area contributed by atoms with E-state index in [0.717, 1.165) is 16.7 Å². The highest BCUT2D eigenvalue weighted by Gasteiger charge is 2.28. The molecule has 2 N–H and O–H groups in total. The Hall–Kier alpha value is -4.51. The lowest BCUT2D eigenvalue weighted by molar-refractivity contribution is -0.126. The summed E-state index contributed by atoms with van der Waals surface area (Å²) in [6.07, 6.45) is 0.321. The van der Waals surface area contributed by atoms with Gasteiger partial charge in [0.1, 0.15) is 6.04 Å². The first-order valence-electron chi connectivity index (χ1n) is 11.9. The highest BCUT2D eigenvalue weighted by Crippen LogP contribution is 2.25. The molecule has 36 heavy (non-hydrogen) atoms. The predicted octanol–water partition coefficient (Wildman–Crippen LogP) is 5.39. The average molecular weight is 477 g/mol. The van der Waals surface area contributed by atoms with Crippen LogP contribution in [0.15, 0.2) is 115 Å². The van der Waals surface area contributed by atoms with Gasteiger partial charge < -0.3 is 10.6 Å². The van der Waals surface area contributed by atoms with Crippen molar-refractivity contribution in [3.63, 3.8) is 0 Å². The predicted molar refractivity (Wildman–Crippen MR) is 142 cm³/mol. The Morgan fingerprint density at radius 1 is 0.667 bits per heavy atom. The van der Waals surface area contributed by atoms with Crippen LogP contribution in [0.25, 0.3) is 0 Å². The van der Waals surface area contributed by atoms with Crippen LogP contribution in [0.2, 0.25) is 0 Å². The average Bonchev–Trinajstić information content (AvgIpc) is 2.90. The molecule has 0 fully saturated rings. The Bertz CT molecular complexity index is 1280. The molecule has 0 saturated heterocycles. The molecule has 0 heterocycles. The molecule has 0 radical (unpaired) electrons. The molecule has 4 aromatic carbocycles. The second-order valence-corrected chi connectivity index (χ2v) is 8.63. The zero-order valence-electron chi connectivity index (χ0n) is 20.1. The van der Waals surface area contributed by atoms with E-state index in [0.29, 0.717) is 17.7 Å². The molecule has 0 aromatic heterocycles. The Balaban J connectivity index is 1.62. The van der Waals surface area contributed by atoms with E-state index >= 15 is 0 Å². The molecular formula is C31H28N2O3. The molecule has 4 rings (SSSR count). The van der Waals surface area contributed by atoms with E-state index in [1.807, 2.05) is 91.0 Å². The van der Waals surface area contributed by atoms with Crippen molar-refractivity contribution in [1.82, 2.24) is 5.32 Å². The van der Waals surface area contributed by atoms with Gasteiger partial charge >= 0.3 is 0 Å². The minimum absolute atomic E-state index is 0.0891. The molecule has 180 valence electrons. The summed E-state index contributed by atoms with van der Waals surface area (Å²) in [6.45, 7) is 1.48. The summed E-state index contributed by atoms with van der Waals surface area (Å²) in [6, 6.07) is 34.6. The number of hydrogen-bond acceptors (Lipinski definition) is 3. The molecule has 0 aliphatic heterocycles. The van der Waals surface area contributed by atoms with Crippen molar-refractivity contribution in [1.29, 1.82) is 0 Å². The van der Waals surface area contributed by atoms with Crippen LogP contribution in [0.3, 0.4) is 0 Å². The van der Waals surface area contributed by atoms with Gasteiger partial charge in [-0.1, -0.05) is 103 Å². The first kappa shape index (κ1) is 24.6. The van der Waals surface area contributed by atoms with Crippen LogP contribution in [0.4, 0.5) is 5.69 Å². The zero-order valence-corrected chi connectivity index (χ0v) is 20.1. The molecule has 0 saturated carbocycles. The zero-order chi connectivity index (χ0) is 25.3. The number of carbonyl (C=O) groups excluding carboxylic acids is 3. The van der Waals surface area contributed by atoms with Crippen molar-refractivity contribution in [3.8, 4) is 0 Å². The van der Waals surface area contributed by atoms with Gasteiger partial charge in [0.2, 0.25) is 11.8 Å². The van der Waals surface area contributed by atoms with Gasteiger partial charge in [0, 0.05) is 17.7 Å². The molecule has 0 bridgehead atoms. The molecule has 0 aliphatic carbocycles. The number of anilines is 1. The number of Topliss-reactive ketones (excluding diaryl/α,β-unsaturated/α-hetero) is 1. The van der Waals surface area contributed by atoms with E-state index < -0.39 is 12.0 Å². The number of benzene rings is 4. The highest BCUT2D eigenvalue weighted by atomic mass is 16.2. The minimum atomic E-state index is -0.823. The molecule has 0 spiro atoms. The standard InChI is InChI=1S/C31H28N2O3/c1-22(34)26-18-11-19-27(21-26)32-30(35)28(20-23-12-5-2-6-13-23)33-31(36)29(24-14-7-3-8-15-24)25-16-9-4-10-17-25/h2-19,21,28-29H,20H2,1H3,(H,32,35)(H,33,36)/t28-/m0/s1. The molecular weight excluding hydrogens is 448 g/mol. The van der Waals surface area contributed by atoms with Crippen molar-refractivity contribution in [3.05, 3.63) is 138 Å².